The lowest BCUT2D eigenvalue weighted by Crippen LogP contribution is -2.10. The monoisotopic (exact) mass is 232 g/mol. The largest absolute Gasteiger partial charge is 0.479 e. The quantitative estimate of drug-likeness (QED) is 0.783. The molecule has 0 radical (unpaired) electrons. The molecular formula is C14H20N2O. The minimum Gasteiger partial charge on any atom is -0.479 e. The number of anilines is 1. The van der Waals surface area contributed by atoms with E-state index >= 15 is 0 Å². The molecule has 0 aliphatic rings. The highest BCUT2D eigenvalue weighted by Gasteiger charge is 2.01. The summed E-state index contributed by atoms with van der Waals surface area (Å²) in [6.07, 6.45) is 2.45. The lowest BCUT2D eigenvalue weighted by atomic mass is 10.1. The van der Waals surface area contributed by atoms with E-state index in [0.717, 1.165) is 18.0 Å². The van der Waals surface area contributed by atoms with Gasteiger partial charge in [0, 0.05) is 18.3 Å². The van der Waals surface area contributed by atoms with Crippen molar-refractivity contribution in [1.82, 2.24) is 0 Å². The lowest BCUT2D eigenvalue weighted by Gasteiger charge is -2.13. The van der Waals surface area contributed by atoms with Crippen molar-refractivity contribution < 1.29 is 4.74 Å². The van der Waals surface area contributed by atoms with Crippen molar-refractivity contribution in [2.75, 3.05) is 18.5 Å². The summed E-state index contributed by atoms with van der Waals surface area (Å²) < 4.78 is 5.25. The highest BCUT2D eigenvalue weighted by molar-refractivity contribution is 5.48. The summed E-state index contributed by atoms with van der Waals surface area (Å²) in [7, 11) is 0. The van der Waals surface area contributed by atoms with Crippen LogP contribution in [0.1, 0.15) is 26.7 Å². The molecule has 1 atom stereocenters. The van der Waals surface area contributed by atoms with Crippen molar-refractivity contribution in [3.05, 3.63) is 24.3 Å². The van der Waals surface area contributed by atoms with E-state index in [0.29, 0.717) is 5.92 Å². The van der Waals surface area contributed by atoms with Crippen molar-refractivity contribution >= 4 is 5.69 Å². The minimum absolute atomic E-state index is 0.0929. The molecule has 1 aromatic carbocycles. The molecular weight excluding hydrogens is 212 g/mol. The molecule has 1 rings (SSSR count). The van der Waals surface area contributed by atoms with Crippen LogP contribution in [0.4, 0.5) is 5.69 Å². The van der Waals surface area contributed by atoms with E-state index < -0.39 is 0 Å². The summed E-state index contributed by atoms with van der Waals surface area (Å²) >= 11 is 0. The Bertz CT molecular complexity index is 371. The molecule has 0 spiro atoms. The Morgan fingerprint density at radius 2 is 2.29 bits per heavy atom. The van der Waals surface area contributed by atoms with Gasteiger partial charge >= 0.3 is 0 Å². The van der Waals surface area contributed by atoms with Gasteiger partial charge in [-0.3, -0.25) is 0 Å². The van der Waals surface area contributed by atoms with Crippen LogP contribution in [-0.4, -0.2) is 13.2 Å². The maximum atomic E-state index is 8.44. The van der Waals surface area contributed by atoms with Gasteiger partial charge in [0.15, 0.2) is 6.61 Å². The van der Waals surface area contributed by atoms with E-state index in [2.05, 4.69) is 19.2 Å². The van der Waals surface area contributed by atoms with Crippen LogP contribution >= 0.6 is 0 Å². The SMILES string of the molecule is CCCC(C)CNc1cccc(OCC#N)c1. The zero-order valence-corrected chi connectivity index (χ0v) is 10.6. The fourth-order valence-corrected chi connectivity index (χ4v) is 1.70. The Kier molecular flexibility index (Phi) is 5.95. The predicted octanol–water partition coefficient (Wildman–Crippen LogP) is 3.44. The van der Waals surface area contributed by atoms with E-state index in [1.807, 2.05) is 30.3 Å². The fraction of sp³-hybridized carbons (Fsp3) is 0.500. The Labute approximate surface area is 103 Å². The smallest absolute Gasteiger partial charge is 0.174 e. The van der Waals surface area contributed by atoms with E-state index in [9.17, 15) is 0 Å². The molecule has 3 heteroatoms. The third-order valence-electron chi connectivity index (χ3n) is 2.57. The molecule has 0 aliphatic carbocycles. The van der Waals surface area contributed by atoms with E-state index in [1.54, 1.807) is 0 Å². The Morgan fingerprint density at radius 3 is 3.00 bits per heavy atom. The predicted molar refractivity (Wildman–Crippen MR) is 70.1 cm³/mol. The minimum atomic E-state index is 0.0929. The van der Waals surface area contributed by atoms with Crippen molar-refractivity contribution in [2.24, 2.45) is 5.92 Å². The fourth-order valence-electron chi connectivity index (χ4n) is 1.70. The Balaban J connectivity index is 2.45. The molecule has 92 valence electrons. The van der Waals surface area contributed by atoms with Crippen LogP contribution in [0.5, 0.6) is 5.75 Å². The molecule has 0 aliphatic heterocycles. The summed E-state index contributed by atoms with van der Waals surface area (Å²) in [5, 5.41) is 11.8. The van der Waals surface area contributed by atoms with E-state index in [4.69, 9.17) is 10.00 Å². The number of ether oxygens (including phenoxy) is 1. The molecule has 0 bridgehead atoms. The molecule has 1 aromatic rings. The third-order valence-corrected chi connectivity index (χ3v) is 2.57. The molecule has 0 saturated heterocycles. The van der Waals surface area contributed by atoms with Gasteiger partial charge in [-0.1, -0.05) is 26.3 Å². The van der Waals surface area contributed by atoms with E-state index in [-0.39, 0.29) is 6.61 Å². The summed E-state index contributed by atoms with van der Waals surface area (Å²) in [5.74, 6) is 1.41. The molecule has 0 aromatic heterocycles. The topological polar surface area (TPSA) is 45.0 Å². The summed E-state index contributed by atoms with van der Waals surface area (Å²) in [6.45, 7) is 5.50. The highest BCUT2D eigenvalue weighted by atomic mass is 16.5. The molecule has 0 heterocycles. The van der Waals surface area contributed by atoms with Gasteiger partial charge < -0.3 is 10.1 Å². The second-order valence-electron chi connectivity index (χ2n) is 4.25. The first-order valence-electron chi connectivity index (χ1n) is 6.10. The number of rotatable bonds is 7. The number of hydrogen-bond acceptors (Lipinski definition) is 3. The van der Waals surface area contributed by atoms with Crippen molar-refractivity contribution in [2.45, 2.75) is 26.7 Å². The number of nitriles is 1. The van der Waals surface area contributed by atoms with Gasteiger partial charge in [0.2, 0.25) is 0 Å². The zero-order valence-electron chi connectivity index (χ0n) is 10.6. The maximum absolute atomic E-state index is 8.44. The molecule has 17 heavy (non-hydrogen) atoms. The number of nitrogens with one attached hydrogen (secondary N) is 1. The van der Waals surface area contributed by atoms with Crippen LogP contribution in [0.2, 0.25) is 0 Å². The first kappa shape index (κ1) is 13.4. The zero-order chi connectivity index (χ0) is 12.5. The van der Waals surface area contributed by atoms with Gasteiger partial charge in [-0.05, 0) is 24.5 Å². The van der Waals surface area contributed by atoms with Crippen LogP contribution in [0.15, 0.2) is 24.3 Å². The summed E-state index contributed by atoms with van der Waals surface area (Å²) in [5.41, 5.74) is 1.04. The molecule has 0 saturated carbocycles. The Morgan fingerprint density at radius 1 is 1.47 bits per heavy atom. The number of nitrogens with zero attached hydrogens (tertiary/aromatic N) is 1. The van der Waals surface area contributed by atoms with Crippen LogP contribution in [0, 0.1) is 17.2 Å². The van der Waals surface area contributed by atoms with Crippen molar-refractivity contribution in [1.29, 1.82) is 5.26 Å². The number of benzene rings is 1. The third kappa shape index (κ3) is 5.26. The van der Waals surface area contributed by atoms with Gasteiger partial charge in [0.1, 0.15) is 11.8 Å². The maximum Gasteiger partial charge on any atom is 0.174 e. The van der Waals surface area contributed by atoms with Crippen LogP contribution in [0.3, 0.4) is 0 Å². The first-order valence-corrected chi connectivity index (χ1v) is 6.10. The normalized spacial score (nSPS) is 11.6. The molecule has 3 nitrogen and oxygen atoms in total. The van der Waals surface area contributed by atoms with Crippen LogP contribution in [-0.2, 0) is 0 Å². The summed E-state index contributed by atoms with van der Waals surface area (Å²) in [6, 6.07) is 9.69. The molecule has 0 amide bonds. The van der Waals surface area contributed by atoms with Gasteiger partial charge in [0.25, 0.3) is 0 Å². The van der Waals surface area contributed by atoms with Gasteiger partial charge in [-0.15, -0.1) is 0 Å². The van der Waals surface area contributed by atoms with Gasteiger partial charge in [0.05, 0.1) is 0 Å². The highest BCUT2D eigenvalue weighted by Crippen LogP contribution is 2.18. The van der Waals surface area contributed by atoms with Crippen LogP contribution in [0.25, 0.3) is 0 Å². The van der Waals surface area contributed by atoms with Gasteiger partial charge in [-0.2, -0.15) is 5.26 Å². The average Bonchev–Trinajstić information content (AvgIpc) is 2.35. The van der Waals surface area contributed by atoms with Crippen LogP contribution < -0.4 is 10.1 Å². The van der Waals surface area contributed by atoms with Crippen molar-refractivity contribution in [3.8, 4) is 11.8 Å². The summed E-state index contributed by atoms with van der Waals surface area (Å²) in [4.78, 5) is 0. The Hall–Kier alpha value is -1.69. The standard InChI is InChI=1S/C14H20N2O/c1-3-5-12(2)11-16-13-6-4-7-14(10-13)17-9-8-15/h4,6-7,10,12,16H,3,5,9,11H2,1-2H3. The second-order valence-corrected chi connectivity index (χ2v) is 4.25. The molecule has 1 N–H and O–H groups in total. The van der Waals surface area contributed by atoms with E-state index in [1.165, 1.54) is 12.8 Å². The average molecular weight is 232 g/mol. The second kappa shape index (κ2) is 7.56. The van der Waals surface area contributed by atoms with Crippen molar-refractivity contribution in [3.63, 3.8) is 0 Å². The first-order chi connectivity index (χ1) is 8.26. The van der Waals surface area contributed by atoms with Gasteiger partial charge in [-0.25, -0.2) is 0 Å². The molecule has 0 fully saturated rings. The lowest BCUT2D eigenvalue weighted by molar-refractivity contribution is 0.368. The molecule has 1 unspecified atom stereocenters. The number of hydrogen-bond donors (Lipinski definition) is 1.